The molecule has 1 unspecified atom stereocenters. The number of carbonyl (C=O) groups excluding carboxylic acids is 1. The lowest BCUT2D eigenvalue weighted by molar-refractivity contribution is -0.117. The topological polar surface area (TPSA) is 75.6 Å². The summed E-state index contributed by atoms with van der Waals surface area (Å²) >= 11 is 0. The highest BCUT2D eigenvalue weighted by molar-refractivity contribution is 6.00. The van der Waals surface area contributed by atoms with Gasteiger partial charge in [0.05, 0.1) is 6.42 Å². The summed E-state index contributed by atoms with van der Waals surface area (Å²) in [6.07, 6.45) is 0.506. The molecule has 0 radical (unpaired) electrons. The molecule has 1 aliphatic rings. The minimum absolute atomic E-state index is 0.00661. The van der Waals surface area contributed by atoms with Crippen LogP contribution >= 0.6 is 0 Å². The normalized spacial score (nSPS) is 16.1. The molecule has 1 atom stereocenters. The summed E-state index contributed by atoms with van der Waals surface area (Å²) in [7, 11) is 3.85. The fraction of sp³-hybridized carbons (Fsp3) is 0.500. The number of anilines is 1. The Hall–Kier alpha value is -1.43. The molecule has 5 heteroatoms. The van der Waals surface area contributed by atoms with Gasteiger partial charge in [-0.1, -0.05) is 12.1 Å². The maximum Gasteiger partial charge on any atom is 0.231 e. The Morgan fingerprint density at radius 3 is 2.89 bits per heavy atom. The third-order valence-electron chi connectivity index (χ3n) is 3.52. The summed E-state index contributed by atoms with van der Waals surface area (Å²) in [5, 5.41) is 0. The van der Waals surface area contributed by atoms with Crippen molar-refractivity contribution in [2.24, 2.45) is 11.5 Å². The first-order valence-corrected chi connectivity index (χ1v) is 6.53. The van der Waals surface area contributed by atoms with Gasteiger partial charge in [-0.2, -0.15) is 0 Å². The molecule has 0 bridgehead atoms. The number of hydrogen-bond donors (Lipinski definition) is 2. The molecule has 0 spiro atoms. The maximum absolute atomic E-state index is 11.6. The fourth-order valence-electron chi connectivity index (χ4n) is 2.47. The smallest absolute Gasteiger partial charge is 0.231 e. The quantitative estimate of drug-likeness (QED) is 0.778. The van der Waals surface area contributed by atoms with E-state index in [0.717, 1.165) is 24.3 Å². The summed E-state index contributed by atoms with van der Waals surface area (Å²) in [5.74, 6) is 0.158. The SMILES string of the molecule is CN(Cc1ccc2c(c1)CC(=O)N2C)CC(N)CN. The van der Waals surface area contributed by atoms with Gasteiger partial charge in [-0.25, -0.2) is 0 Å². The first-order chi connectivity index (χ1) is 9.01. The predicted octanol–water partition coefficient (Wildman–Crippen LogP) is -0.0767. The van der Waals surface area contributed by atoms with E-state index < -0.39 is 0 Å². The number of nitrogens with two attached hydrogens (primary N) is 2. The van der Waals surface area contributed by atoms with E-state index >= 15 is 0 Å². The number of rotatable bonds is 5. The van der Waals surface area contributed by atoms with Crippen molar-refractivity contribution in [2.75, 3.05) is 32.1 Å². The van der Waals surface area contributed by atoms with Gasteiger partial charge in [-0.05, 0) is 24.2 Å². The molecule has 1 heterocycles. The van der Waals surface area contributed by atoms with Crippen molar-refractivity contribution in [3.63, 3.8) is 0 Å². The fourth-order valence-corrected chi connectivity index (χ4v) is 2.47. The largest absolute Gasteiger partial charge is 0.329 e. The Morgan fingerprint density at radius 2 is 2.21 bits per heavy atom. The molecular formula is C14H22N4O. The third-order valence-corrected chi connectivity index (χ3v) is 3.52. The van der Waals surface area contributed by atoms with Gasteiger partial charge >= 0.3 is 0 Å². The summed E-state index contributed by atoms with van der Waals surface area (Å²) in [5.41, 5.74) is 14.7. The van der Waals surface area contributed by atoms with E-state index in [9.17, 15) is 4.79 Å². The second-order valence-corrected chi connectivity index (χ2v) is 5.29. The maximum atomic E-state index is 11.6. The van der Waals surface area contributed by atoms with Crippen LogP contribution in [0.5, 0.6) is 0 Å². The van der Waals surface area contributed by atoms with Crippen molar-refractivity contribution < 1.29 is 4.79 Å². The minimum Gasteiger partial charge on any atom is -0.329 e. The lowest BCUT2D eigenvalue weighted by atomic mass is 10.1. The average molecular weight is 262 g/mol. The van der Waals surface area contributed by atoms with E-state index in [1.165, 1.54) is 5.56 Å². The average Bonchev–Trinajstić information content (AvgIpc) is 2.64. The van der Waals surface area contributed by atoms with Gasteiger partial charge in [0.25, 0.3) is 0 Å². The second kappa shape index (κ2) is 5.69. The van der Waals surface area contributed by atoms with E-state index in [-0.39, 0.29) is 11.9 Å². The molecule has 1 amide bonds. The monoisotopic (exact) mass is 262 g/mol. The summed E-state index contributed by atoms with van der Waals surface area (Å²) < 4.78 is 0. The highest BCUT2D eigenvalue weighted by Gasteiger charge is 2.23. The molecule has 1 aromatic rings. The van der Waals surface area contributed by atoms with E-state index in [4.69, 9.17) is 11.5 Å². The molecule has 0 saturated heterocycles. The van der Waals surface area contributed by atoms with Gasteiger partial charge < -0.3 is 21.3 Å². The Balaban J connectivity index is 2.04. The molecular weight excluding hydrogens is 240 g/mol. The lowest BCUT2D eigenvalue weighted by Gasteiger charge is -2.20. The molecule has 19 heavy (non-hydrogen) atoms. The molecule has 0 saturated carbocycles. The third kappa shape index (κ3) is 3.12. The van der Waals surface area contributed by atoms with Gasteiger partial charge in [0.15, 0.2) is 0 Å². The number of amides is 1. The Labute approximate surface area is 114 Å². The second-order valence-electron chi connectivity index (χ2n) is 5.29. The van der Waals surface area contributed by atoms with Crippen LogP contribution in [0.1, 0.15) is 11.1 Å². The van der Waals surface area contributed by atoms with Crippen molar-refractivity contribution >= 4 is 11.6 Å². The van der Waals surface area contributed by atoms with Crippen molar-refractivity contribution in [1.82, 2.24) is 4.90 Å². The number of hydrogen-bond acceptors (Lipinski definition) is 4. The molecule has 1 aliphatic heterocycles. The molecule has 104 valence electrons. The molecule has 0 fully saturated rings. The van der Waals surface area contributed by atoms with Crippen molar-refractivity contribution in [3.05, 3.63) is 29.3 Å². The molecule has 0 aromatic heterocycles. The van der Waals surface area contributed by atoms with E-state index in [1.54, 1.807) is 4.90 Å². The standard InChI is InChI=1S/C14H22N4O/c1-17(9-12(16)7-15)8-10-3-4-13-11(5-10)6-14(19)18(13)2/h3-5,12H,6-9,15-16H2,1-2H3. The highest BCUT2D eigenvalue weighted by atomic mass is 16.2. The Morgan fingerprint density at radius 1 is 1.47 bits per heavy atom. The van der Waals surface area contributed by atoms with Gasteiger partial charge in [0.2, 0.25) is 5.91 Å². The summed E-state index contributed by atoms with van der Waals surface area (Å²) in [6.45, 7) is 2.08. The Kier molecular flexibility index (Phi) is 4.19. The first-order valence-electron chi connectivity index (χ1n) is 6.53. The van der Waals surface area contributed by atoms with Crippen LogP contribution in [-0.2, 0) is 17.8 Å². The molecule has 1 aromatic carbocycles. The molecule has 4 N–H and O–H groups in total. The zero-order valence-electron chi connectivity index (χ0n) is 11.6. The van der Waals surface area contributed by atoms with Crippen LogP contribution < -0.4 is 16.4 Å². The van der Waals surface area contributed by atoms with Crippen LogP contribution in [0, 0.1) is 0 Å². The van der Waals surface area contributed by atoms with E-state index in [0.29, 0.717) is 13.0 Å². The number of nitrogens with zero attached hydrogens (tertiary/aromatic N) is 2. The lowest BCUT2D eigenvalue weighted by Crippen LogP contribution is -2.40. The van der Waals surface area contributed by atoms with Gasteiger partial charge in [-0.3, -0.25) is 4.79 Å². The van der Waals surface area contributed by atoms with Crippen LogP contribution in [0.2, 0.25) is 0 Å². The van der Waals surface area contributed by atoms with E-state index in [1.807, 2.05) is 20.2 Å². The zero-order chi connectivity index (χ0) is 14.0. The van der Waals surface area contributed by atoms with Crippen molar-refractivity contribution in [3.8, 4) is 0 Å². The minimum atomic E-state index is 0.00661. The van der Waals surface area contributed by atoms with Crippen LogP contribution in [0.4, 0.5) is 5.69 Å². The predicted molar refractivity (Wildman–Crippen MR) is 76.9 cm³/mol. The van der Waals surface area contributed by atoms with Gasteiger partial charge in [0, 0.05) is 38.4 Å². The van der Waals surface area contributed by atoms with Crippen LogP contribution in [-0.4, -0.2) is 44.0 Å². The number of benzene rings is 1. The van der Waals surface area contributed by atoms with Crippen LogP contribution in [0.3, 0.4) is 0 Å². The van der Waals surface area contributed by atoms with Crippen molar-refractivity contribution in [1.29, 1.82) is 0 Å². The number of likely N-dealkylation sites (N-methyl/N-ethyl adjacent to an activating group) is 2. The van der Waals surface area contributed by atoms with Crippen LogP contribution in [0.25, 0.3) is 0 Å². The molecule has 2 rings (SSSR count). The molecule has 5 nitrogen and oxygen atoms in total. The zero-order valence-corrected chi connectivity index (χ0v) is 11.6. The molecule has 0 aliphatic carbocycles. The van der Waals surface area contributed by atoms with Gasteiger partial charge in [-0.15, -0.1) is 0 Å². The summed E-state index contributed by atoms with van der Waals surface area (Å²) in [6, 6.07) is 6.21. The van der Waals surface area contributed by atoms with Gasteiger partial charge in [0.1, 0.15) is 0 Å². The van der Waals surface area contributed by atoms with E-state index in [2.05, 4.69) is 17.0 Å². The number of fused-ring (bicyclic) bond motifs is 1. The number of carbonyl (C=O) groups is 1. The van der Waals surface area contributed by atoms with Crippen LogP contribution in [0.15, 0.2) is 18.2 Å². The van der Waals surface area contributed by atoms with Crippen molar-refractivity contribution in [2.45, 2.75) is 19.0 Å². The summed E-state index contributed by atoms with van der Waals surface area (Å²) in [4.78, 5) is 15.5. The highest BCUT2D eigenvalue weighted by Crippen LogP contribution is 2.28. The first kappa shape index (κ1) is 14.0. The Bertz CT molecular complexity index is 475.